The normalized spacial score (nSPS) is 16.5. The summed E-state index contributed by atoms with van der Waals surface area (Å²) in [7, 11) is 0. The lowest BCUT2D eigenvalue weighted by molar-refractivity contribution is 0.251. The molecule has 4 aromatic rings. The molecule has 3 aromatic heterocycles. The fourth-order valence-corrected chi connectivity index (χ4v) is 3.66. The smallest absolute Gasteiger partial charge is 0.327 e. The van der Waals surface area contributed by atoms with E-state index in [1.807, 2.05) is 0 Å². The predicted octanol–water partition coefficient (Wildman–Crippen LogP) is 1.19. The van der Waals surface area contributed by atoms with Gasteiger partial charge < -0.3 is 25.5 Å². The number of aromatic nitrogens is 6. The summed E-state index contributed by atoms with van der Waals surface area (Å²) < 4.78 is 7.35. The second-order valence-corrected chi connectivity index (χ2v) is 9.01. The van der Waals surface area contributed by atoms with Gasteiger partial charge >= 0.3 is 17.7 Å². The fourth-order valence-electron chi connectivity index (χ4n) is 3.44. The molecule has 2 aliphatic carbocycles. The molecule has 0 atom stereocenters. The van der Waals surface area contributed by atoms with E-state index in [1.165, 1.54) is 16.8 Å². The molecule has 2 saturated carbocycles. The Hall–Kier alpha value is -4.39. The molecule has 14 heteroatoms. The Balaban J connectivity index is 1.34. The van der Waals surface area contributed by atoms with Crippen LogP contribution in [0.5, 0.6) is 17.6 Å². The first-order valence-electron chi connectivity index (χ1n) is 11.3. The van der Waals surface area contributed by atoms with Gasteiger partial charge in [-0.25, -0.2) is 14.6 Å². The van der Waals surface area contributed by atoms with Crippen molar-refractivity contribution in [2.24, 2.45) is 4.99 Å². The van der Waals surface area contributed by atoms with Crippen molar-refractivity contribution in [3.05, 3.63) is 56.4 Å². The summed E-state index contributed by atoms with van der Waals surface area (Å²) in [4.78, 5) is 41.7. The van der Waals surface area contributed by atoms with Crippen molar-refractivity contribution in [3.8, 4) is 17.6 Å². The summed E-state index contributed by atoms with van der Waals surface area (Å²) in [6.07, 6.45) is 6.92. The van der Waals surface area contributed by atoms with E-state index >= 15 is 0 Å². The number of carbonyl (C=O) groups excluding carboxylic acids is 1. The second-order valence-electron chi connectivity index (χ2n) is 8.60. The number of carbonyl (C=O) groups is 1. The lowest BCUT2D eigenvalue weighted by Crippen LogP contribution is -2.30. The van der Waals surface area contributed by atoms with Gasteiger partial charge in [0.2, 0.25) is 5.88 Å². The molecule has 0 bridgehead atoms. The zero-order valence-electron chi connectivity index (χ0n) is 18.7. The number of fused-ring (bicyclic) bond motifs is 1. The van der Waals surface area contributed by atoms with Gasteiger partial charge in [-0.2, -0.15) is 19.6 Å². The van der Waals surface area contributed by atoms with Gasteiger partial charge in [0, 0.05) is 17.3 Å². The number of aromatic hydroxyl groups is 1. The van der Waals surface area contributed by atoms with E-state index in [-0.39, 0.29) is 40.7 Å². The quantitative estimate of drug-likeness (QED) is 0.259. The molecule has 2 aliphatic rings. The average molecular weight is 510 g/mol. The van der Waals surface area contributed by atoms with Gasteiger partial charge in [-0.05, 0) is 43.9 Å². The number of hydrogen-bond donors (Lipinski definition) is 5. The molecule has 184 valence electrons. The molecule has 13 nitrogen and oxygen atoms in total. The first-order valence-corrected chi connectivity index (χ1v) is 11.7. The number of H-pyrrole nitrogens is 2. The molecule has 1 aromatic carbocycles. The van der Waals surface area contributed by atoms with Gasteiger partial charge in [0.1, 0.15) is 11.4 Å². The number of urea groups is 1. The second kappa shape index (κ2) is 8.68. The summed E-state index contributed by atoms with van der Waals surface area (Å²) in [6, 6.07) is 4.88. The van der Waals surface area contributed by atoms with Gasteiger partial charge in [-0.15, -0.1) is 0 Å². The number of aromatic amines is 2. The largest absolute Gasteiger partial charge is 0.493 e. The van der Waals surface area contributed by atoms with Gasteiger partial charge in [0.15, 0.2) is 5.65 Å². The Morgan fingerprint density at radius 2 is 2.08 bits per heavy atom. The zero-order valence-corrected chi connectivity index (χ0v) is 19.4. The third-order valence-electron chi connectivity index (χ3n) is 5.55. The average Bonchev–Trinajstić information content (AvgIpc) is 3.75. The molecule has 0 aliphatic heterocycles. The lowest BCUT2D eigenvalue weighted by Gasteiger charge is -2.10. The van der Waals surface area contributed by atoms with E-state index in [1.54, 1.807) is 18.2 Å². The summed E-state index contributed by atoms with van der Waals surface area (Å²) in [5, 5.41) is 20.6. The first kappa shape index (κ1) is 22.1. The van der Waals surface area contributed by atoms with Gasteiger partial charge in [0.25, 0.3) is 5.62 Å². The van der Waals surface area contributed by atoms with Crippen molar-refractivity contribution in [1.29, 1.82) is 0 Å². The Morgan fingerprint density at radius 3 is 2.78 bits per heavy atom. The van der Waals surface area contributed by atoms with E-state index in [2.05, 4.69) is 40.7 Å². The highest BCUT2D eigenvalue weighted by Crippen LogP contribution is 2.29. The summed E-state index contributed by atoms with van der Waals surface area (Å²) in [6.45, 7) is 0. The number of amides is 2. The molecule has 2 amide bonds. The molecular weight excluding hydrogens is 490 g/mol. The van der Waals surface area contributed by atoms with Gasteiger partial charge in [-0.1, -0.05) is 11.6 Å². The highest BCUT2D eigenvalue weighted by molar-refractivity contribution is 6.33. The Labute approximate surface area is 206 Å². The summed E-state index contributed by atoms with van der Waals surface area (Å²) in [5.41, 5.74) is 0.748. The number of nitrogens with zero attached hydrogens (tertiary/aromatic N) is 5. The Morgan fingerprint density at radius 1 is 1.25 bits per heavy atom. The number of imidazole rings is 1. The van der Waals surface area contributed by atoms with E-state index in [4.69, 9.17) is 16.3 Å². The molecular formula is C22H20ClN9O4. The molecule has 36 heavy (non-hydrogen) atoms. The standard InChI is InChI=1S/C22H20ClN9O4/c23-14-8-13(5-6-15(14)27-20(34)26-12-3-4-12)36-22-29-17-10(7-16-18(33)30-21(35)28-16)9-24-32(17)19(31-22)25-11-1-2-11/h5-9,11-12,33H,1-4H2,(H2,26,27,34)(H2,28,30,35). The van der Waals surface area contributed by atoms with Crippen LogP contribution in [0.4, 0.5) is 10.5 Å². The number of rotatable bonds is 6. The van der Waals surface area contributed by atoms with Crippen molar-refractivity contribution < 1.29 is 14.6 Å². The van der Waals surface area contributed by atoms with Crippen LogP contribution in [-0.4, -0.2) is 52.8 Å². The minimum atomic E-state index is -0.543. The lowest BCUT2D eigenvalue weighted by atomic mass is 10.3. The number of anilines is 1. The minimum absolute atomic E-state index is 0.00656. The Bertz CT molecular complexity index is 1670. The van der Waals surface area contributed by atoms with Crippen molar-refractivity contribution >= 4 is 35.0 Å². The maximum Gasteiger partial charge on any atom is 0.327 e. The summed E-state index contributed by atoms with van der Waals surface area (Å²) >= 11 is 6.35. The van der Waals surface area contributed by atoms with Crippen molar-refractivity contribution in [1.82, 2.24) is 34.9 Å². The van der Waals surface area contributed by atoms with E-state index in [0.717, 1.165) is 25.7 Å². The van der Waals surface area contributed by atoms with Crippen molar-refractivity contribution in [2.45, 2.75) is 37.8 Å². The van der Waals surface area contributed by atoms with E-state index in [0.29, 0.717) is 27.9 Å². The first-order chi connectivity index (χ1) is 17.4. The molecule has 0 unspecified atom stereocenters. The molecule has 0 spiro atoms. The molecule has 0 radical (unpaired) electrons. The van der Waals surface area contributed by atoms with Crippen LogP contribution >= 0.6 is 11.6 Å². The highest BCUT2D eigenvalue weighted by atomic mass is 35.5. The van der Waals surface area contributed by atoms with Crippen LogP contribution in [0.1, 0.15) is 31.4 Å². The van der Waals surface area contributed by atoms with Crippen LogP contribution in [0, 0.1) is 0 Å². The molecule has 6 rings (SSSR count). The molecule has 0 saturated heterocycles. The topological polar surface area (TPSA) is 175 Å². The summed E-state index contributed by atoms with van der Waals surface area (Å²) in [5.74, 6) is 0.0504. The highest BCUT2D eigenvalue weighted by Gasteiger charge is 2.24. The van der Waals surface area contributed by atoms with Crippen molar-refractivity contribution in [2.75, 3.05) is 5.32 Å². The van der Waals surface area contributed by atoms with Gasteiger partial charge in [0.05, 0.1) is 22.9 Å². The maximum atomic E-state index is 12.0. The number of benzene rings is 1. The minimum Gasteiger partial charge on any atom is -0.493 e. The predicted molar refractivity (Wildman–Crippen MR) is 128 cm³/mol. The van der Waals surface area contributed by atoms with Crippen LogP contribution in [0.15, 0.2) is 34.2 Å². The third kappa shape index (κ3) is 4.73. The number of halogens is 1. The maximum absolute atomic E-state index is 12.0. The van der Waals surface area contributed by atoms with Crippen LogP contribution in [0.2, 0.25) is 5.02 Å². The van der Waals surface area contributed by atoms with Crippen LogP contribution in [0.3, 0.4) is 0 Å². The van der Waals surface area contributed by atoms with Gasteiger partial charge in [-0.3, -0.25) is 4.98 Å². The van der Waals surface area contributed by atoms with E-state index < -0.39 is 5.69 Å². The van der Waals surface area contributed by atoms with Crippen LogP contribution < -0.4 is 31.9 Å². The zero-order chi connectivity index (χ0) is 24.8. The molecule has 2 fully saturated rings. The molecule has 3 heterocycles. The number of nitrogens with one attached hydrogen (secondary N) is 4. The monoisotopic (exact) mass is 509 g/mol. The van der Waals surface area contributed by atoms with E-state index in [9.17, 15) is 14.7 Å². The molecule has 5 N–H and O–H groups in total. The number of hydrogen-bond acceptors (Lipinski definition) is 8. The number of ether oxygens (including phenoxy) is 1. The van der Waals surface area contributed by atoms with Crippen LogP contribution in [-0.2, 0) is 0 Å². The van der Waals surface area contributed by atoms with Crippen molar-refractivity contribution in [3.63, 3.8) is 0 Å². The third-order valence-corrected chi connectivity index (χ3v) is 5.86. The fraction of sp³-hybridized carbons (Fsp3) is 0.273. The van der Waals surface area contributed by atoms with Crippen LogP contribution in [0.25, 0.3) is 11.7 Å². The SMILES string of the molecule is O=C(Nc1ccc(Oc2nc(=NC3CC3)n3ncc(=Cc4[nH]c(=O)[nH]c4O)c3n2)cc1Cl)NC1CC1. The Kier molecular flexibility index (Phi) is 5.33.